The van der Waals surface area contributed by atoms with Crippen LogP contribution in [0.4, 0.5) is 0 Å². The van der Waals surface area contributed by atoms with Crippen LogP contribution < -0.4 is 0 Å². The van der Waals surface area contributed by atoms with Crippen LogP contribution in [0.3, 0.4) is 0 Å². The largest absolute Gasteiger partial charge is 0.393 e. The van der Waals surface area contributed by atoms with E-state index < -0.39 is 0 Å². The molecule has 0 bridgehead atoms. The van der Waals surface area contributed by atoms with Crippen molar-refractivity contribution >= 4 is 5.78 Å². The first-order valence-corrected chi connectivity index (χ1v) is 9.66. The van der Waals surface area contributed by atoms with Crippen molar-refractivity contribution in [1.29, 1.82) is 0 Å². The third-order valence-corrected chi connectivity index (χ3v) is 8.58. The highest BCUT2D eigenvalue weighted by molar-refractivity contribution is 5.85. The van der Waals surface area contributed by atoms with E-state index in [0.717, 1.165) is 49.9 Å². The summed E-state index contributed by atoms with van der Waals surface area (Å²) in [5.74, 6) is 3.52. The molecule has 124 valence electrons. The molecule has 0 aromatic heterocycles. The van der Waals surface area contributed by atoms with Crippen molar-refractivity contribution < 1.29 is 9.90 Å². The quantitative estimate of drug-likeness (QED) is 0.722. The summed E-state index contributed by atoms with van der Waals surface area (Å²) < 4.78 is 0. The second kappa shape index (κ2) is 5.06. The number of Topliss-reactive ketones (excluding diaryl/α,β-unsaturated/α-hetero) is 1. The number of hydrogen-bond acceptors (Lipinski definition) is 2. The summed E-state index contributed by atoms with van der Waals surface area (Å²) in [5.41, 5.74) is 0.431. The predicted octanol–water partition coefficient (Wildman–Crippen LogP) is 4.35. The summed E-state index contributed by atoms with van der Waals surface area (Å²) in [6.07, 6.45) is 11.4. The van der Waals surface area contributed by atoms with Crippen LogP contribution in [0.5, 0.6) is 0 Å². The van der Waals surface area contributed by atoms with Gasteiger partial charge < -0.3 is 5.11 Å². The molecule has 0 aromatic rings. The molecule has 6 unspecified atom stereocenters. The first-order valence-electron chi connectivity index (χ1n) is 9.66. The van der Waals surface area contributed by atoms with Crippen LogP contribution in [0.15, 0.2) is 0 Å². The van der Waals surface area contributed by atoms with Gasteiger partial charge in [0.15, 0.2) is 0 Å². The second-order valence-electron chi connectivity index (χ2n) is 9.36. The molecule has 22 heavy (non-hydrogen) atoms. The zero-order valence-electron chi connectivity index (χ0n) is 14.3. The molecule has 0 radical (unpaired) electrons. The smallest absolute Gasteiger partial charge is 0.139 e. The Morgan fingerprint density at radius 2 is 1.82 bits per heavy atom. The normalized spacial score (nSPS) is 55.0. The Labute approximate surface area is 135 Å². The topological polar surface area (TPSA) is 37.3 Å². The van der Waals surface area contributed by atoms with Crippen molar-refractivity contribution in [3.8, 4) is 0 Å². The van der Waals surface area contributed by atoms with E-state index in [2.05, 4.69) is 13.8 Å². The van der Waals surface area contributed by atoms with Gasteiger partial charge >= 0.3 is 0 Å². The third-order valence-electron chi connectivity index (χ3n) is 8.58. The number of aliphatic hydroxyl groups excluding tert-OH is 1. The number of rotatable bonds is 0. The van der Waals surface area contributed by atoms with E-state index in [1.54, 1.807) is 0 Å². The van der Waals surface area contributed by atoms with Gasteiger partial charge in [0.2, 0.25) is 0 Å². The number of hydrogen-bond donors (Lipinski definition) is 1. The molecule has 4 saturated carbocycles. The lowest BCUT2D eigenvalue weighted by Crippen LogP contribution is -2.56. The lowest BCUT2D eigenvalue weighted by Gasteiger charge is -2.61. The number of carbonyl (C=O) groups excluding carboxylic acids is 1. The SMILES string of the molecule is CC12CCC3C(CC[C@H]4CC(O)CCC34C)C1CCCC2=O. The highest BCUT2D eigenvalue weighted by Gasteiger charge is 2.58. The molecule has 4 aliphatic rings. The minimum absolute atomic E-state index is 0.00318. The summed E-state index contributed by atoms with van der Waals surface area (Å²) in [7, 11) is 0. The van der Waals surface area contributed by atoms with Gasteiger partial charge in [-0.05, 0) is 86.9 Å². The lowest BCUT2D eigenvalue weighted by molar-refractivity contribution is -0.158. The molecule has 4 fully saturated rings. The van der Waals surface area contributed by atoms with Gasteiger partial charge in [0.25, 0.3) is 0 Å². The van der Waals surface area contributed by atoms with E-state index in [-0.39, 0.29) is 11.5 Å². The highest BCUT2D eigenvalue weighted by Crippen LogP contribution is 2.64. The molecular formula is C20H32O2. The first-order chi connectivity index (χ1) is 10.4. The van der Waals surface area contributed by atoms with E-state index >= 15 is 0 Å². The Morgan fingerprint density at radius 1 is 1.00 bits per heavy atom. The van der Waals surface area contributed by atoms with Crippen molar-refractivity contribution in [1.82, 2.24) is 0 Å². The summed E-state index contributed by atoms with van der Waals surface area (Å²) in [6, 6.07) is 0. The summed E-state index contributed by atoms with van der Waals surface area (Å²) in [5, 5.41) is 10.1. The maximum atomic E-state index is 12.6. The monoisotopic (exact) mass is 304 g/mol. The average molecular weight is 304 g/mol. The van der Waals surface area contributed by atoms with Gasteiger partial charge in [-0.15, -0.1) is 0 Å². The van der Waals surface area contributed by atoms with Crippen LogP contribution >= 0.6 is 0 Å². The lowest BCUT2D eigenvalue weighted by atomic mass is 9.43. The fourth-order valence-electron chi connectivity index (χ4n) is 7.20. The Bertz CT molecular complexity index is 472. The first kappa shape index (κ1) is 15.2. The third kappa shape index (κ3) is 1.98. The van der Waals surface area contributed by atoms with Crippen LogP contribution in [0, 0.1) is 34.5 Å². The van der Waals surface area contributed by atoms with Crippen LogP contribution in [-0.4, -0.2) is 17.0 Å². The summed E-state index contributed by atoms with van der Waals surface area (Å²) in [4.78, 5) is 12.6. The maximum Gasteiger partial charge on any atom is 0.139 e. The van der Waals surface area contributed by atoms with Crippen LogP contribution in [0.2, 0.25) is 0 Å². The van der Waals surface area contributed by atoms with E-state index in [1.807, 2.05) is 0 Å². The minimum Gasteiger partial charge on any atom is -0.393 e. The van der Waals surface area contributed by atoms with Crippen molar-refractivity contribution in [3.05, 3.63) is 0 Å². The van der Waals surface area contributed by atoms with Gasteiger partial charge in [0.05, 0.1) is 6.10 Å². The van der Waals surface area contributed by atoms with E-state index in [4.69, 9.17) is 0 Å². The average Bonchev–Trinajstić information content (AvgIpc) is 2.49. The van der Waals surface area contributed by atoms with Crippen molar-refractivity contribution in [2.45, 2.75) is 84.2 Å². The zero-order valence-corrected chi connectivity index (χ0v) is 14.3. The minimum atomic E-state index is -0.0558. The molecule has 2 nitrogen and oxygen atoms in total. The molecule has 0 spiro atoms. The van der Waals surface area contributed by atoms with Gasteiger partial charge in [0, 0.05) is 11.8 Å². The summed E-state index contributed by atoms with van der Waals surface area (Å²) >= 11 is 0. The van der Waals surface area contributed by atoms with Gasteiger partial charge in [-0.25, -0.2) is 0 Å². The number of aliphatic hydroxyl groups is 1. The Kier molecular flexibility index (Phi) is 3.49. The van der Waals surface area contributed by atoms with E-state index in [9.17, 15) is 9.90 Å². The fourth-order valence-corrected chi connectivity index (χ4v) is 7.20. The summed E-state index contributed by atoms with van der Waals surface area (Å²) in [6.45, 7) is 4.81. The van der Waals surface area contributed by atoms with Gasteiger partial charge in [-0.3, -0.25) is 4.79 Å². The molecule has 1 N–H and O–H groups in total. The zero-order chi connectivity index (χ0) is 15.5. The predicted molar refractivity (Wildman–Crippen MR) is 87.4 cm³/mol. The van der Waals surface area contributed by atoms with Crippen LogP contribution in [-0.2, 0) is 4.79 Å². The Morgan fingerprint density at radius 3 is 2.64 bits per heavy atom. The maximum absolute atomic E-state index is 12.6. The van der Waals surface area contributed by atoms with Gasteiger partial charge in [-0.2, -0.15) is 0 Å². The van der Waals surface area contributed by atoms with Gasteiger partial charge in [0.1, 0.15) is 5.78 Å². The van der Waals surface area contributed by atoms with Crippen molar-refractivity contribution in [2.75, 3.05) is 0 Å². The van der Waals surface area contributed by atoms with Crippen LogP contribution in [0.25, 0.3) is 0 Å². The number of ketones is 1. The van der Waals surface area contributed by atoms with E-state index in [0.29, 0.717) is 17.1 Å². The highest BCUT2D eigenvalue weighted by atomic mass is 16.3. The van der Waals surface area contributed by atoms with Gasteiger partial charge in [-0.1, -0.05) is 13.8 Å². The molecule has 7 atom stereocenters. The standard InChI is InChI=1S/C20H32O2/c1-19-10-8-14(21)12-13(19)6-7-15-16-4-3-5-18(22)20(16,2)11-9-17(15)19/h13-17,21H,3-12H2,1-2H3/t13-,14?,15?,16?,17?,19?,20?/m0/s1. The molecule has 4 aliphatic carbocycles. The molecule has 0 aliphatic heterocycles. The number of carbonyl (C=O) groups is 1. The molecule has 0 heterocycles. The fraction of sp³-hybridized carbons (Fsp3) is 0.950. The molecule has 2 heteroatoms. The molecule has 0 amide bonds. The van der Waals surface area contributed by atoms with E-state index in [1.165, 1.54) is 32.1 Å². The number of fused-ring (bicyclic) bond motifs is 5. The molecular weight excluding hydrogens is 272 g/mol. The Balaban J connectivity index is 1.63. The molecule has 0 saturated heterocycles. The van der Waals surface area contributed by atoms with Crippen molar-refractivity contribution in [3.63, 3.8) is 0 Å². The molecule has 4 rings (SSSR count). The van der Waals surface area contributed by atoms with Crippen molar-refractivity contribution in [2.24, 2.45) is 34.5 Å². The van der Waals surface area contributed by atoms with Crippen LogP contribution in [0.1, 0.15) is 78.1 Å². The second-order valence-corrected chi connectivity index (χ2v) is 9.36. The Hall–Kier alpha value is -0.370. The molecule has 0 aromatic carbocycles.